The minimum atomic E-state index is 0.0771. The van der Waals surface area contributed by atoms with Crippen molar-refractivity contribution >= 4 is 22.4 Å². The first-order valence-electron chi connectivity index (χ1n) is 8.36. The van der Waals surface area contributed by atoms with Gasteiger partial charge >= 0.3 is 0 Å². The van der Waals surface area contributed by atoms with Crippen LogP contribution in [0.4, 0.5) is 5.13 Å². The molecule has 0 radical (unpaired) electrons. The number of thiazole rings is 1. The molecule has 1 saturated carbocycles. The Labute approximate surface area is 141 Å². The standard InChI is InChI=1S/C16H26N4O2S/c1-11-8-20(13-3-4-13)9-14(11)19-15(21)7-12-10-23-16(18-12)17-5-6-22-2/h10-11,13-14H,3-9H2,1-2H3,(H,17,18)(H,19,21). The van der Waals surface area contributed by atoms with Gasteiger partial charge in [0, 0.05) is 44.2 Å². The van der Waals surface area contributed by atoms with Crippen LogP contribution in [0, 0.1) is 5.92 Å². The van der Waals surface area contributed by atoms with Crippen LogP contribution in [-0.2, 0) is 16.0 Å². The molecule has 3 rings (SSSR count). The second-order valence-corrected chi connectivity index (χ2v) is 7.43. The molecule has 2 fully saturated rings. The first kappa shape index (κ1) is 16.7. The second kappa shape index (κ2) is 7.59. The van der Waals surface area contributed by atoms with Crippen LogP contribution in [0.5, 0.6) is 0 Å². The maximum Gasteiger partial charge on any atom is 0.226 e. The molecule has 0 bridgehead atoms. The van der Waals surface area contributed by atoms with Crippen LogP contribution < -0.4 is 10.6 Å². The number of aromatic nitrogens is 1. The molecule has 23 heavy (non-hydrogen) atoms. The molecule has 2 N–H and O–H groups in total. The van der Waals surface area contributed by atoms with E-state index in [-0.39, 0.29) is 11.9 Å². The van der Waals surface area contributed by atoms with Crippen molar-refractivity contribution in [1.29, 1.82) is 0 Å². The normalized spacial score (nSPS) is 24.8. The third kappa shape index (κ3) is 4.65. The van der Waals surface area contributed by atoms with Crippen LogP contribution in [-0.4, -0.2) is 61.2 Å². The fraction of sp³-hybridized carbons (Fsp3) is 0.750. The first-order chi connectivity index (χ1) is 11.2. The molecule has 2 atom stereocenters. The molecule has 1 aliphatic heterocycles. The molecule has 1 aromatic heterocycles. The van der Waals surface area contributed by atoms with Crippen molar-refractivity contribution < 1.29 is 9.53 Å². The number of ether oxygens (including phenoxy) is 1. The summed E-state index contributed by atoms with van der Waals surface area (Å²) < 4.78 is 5.00. The van der Waals surface area contributed by atoms with Gasteiger partial charge in [0.05, 0.1) is 18.7 Å². The fourth-order valence-corrected chi connectivity index (χ4v) is 3.82. The van der Waals surface area contributed by atoms with E-state index in [1.54, 1.807) is 7.11 Å². The van der Waals surface area contributed by atoms with Gasteiger partial charge in [-0.05, 0) is 18.8 Å². The molecule has 2 unspecified atom stereocenters. The van der Waals surface area contributed by atoms with Gasteiger partial charge in [-0.2, -0.15) is 0 Å². The molecule has 7 heteroatoms. The van der Waals surface area contributed by atoms with E-state index in [0.717, 1.165) is 36.5 Å². The van der Waals surface area contributed by atoms with Gasteiger partial charge in [-0.3, -0.25) is 9.69 Å². The summed E-state index contributed by atoms with van der Waals surface area (Å²) in [6, 6.07) is 1.06. The number of hydrogen-bond donors (Lipinski definition) is 2. The van der Waals surface area contributed by atoms with Gasteiger partial charge in [0.1, 0.15) is 0 Å². The first-order valence-corrected chi connectivity index (χ1v) is 9.24. The highest BCUT2D eigenvalue weighted by Gasteiger charge is 2.38. The molecular weight excluding hydrogens is 312 g/mol. The molecule has 128 valence electrons. The highest BCUT2D eigenvalue weighted by molar-refractivity contribution is 7.13. The van der Waals surface area contributed by atoms with Crippen molar-refractivity contribution in [3.8, 4) is 0 Å². The van der Waals surface area contributed by atoms with Crippen molar-refractivity contribution in [3.63, 3.8) is 0 Å². The molecule has 2 aliphatic rings. The number of rotatable bonds is 8. The molecule has 1 saturated heterocycles. The Hall–Kier alpha value is -1.18. The maximum absolute atomic E-state index is 12.3. The quantitative estimate of drug-likeness (QED) is 0.700. The van der Waals surface area contributed by atoms with Crippen LogP contribution in [0.2, 0.25) is 0 Å². The summed E-state index contributed by atoms with van der Waals surface area (Å²) >= 11 is 1.53. The summed E-state index contributed by atoms with van der Waals surface area (Å²) in [6.07, 6.45) is 3.01. The summed E-state index contributed by atoms with van der Waals surface area (Å²) in [6.45, 7) is 5.71. The Morgan fingerprint density at radius 2 is 2.30 bits per heavy atom. The average molecular weight is 338 g/mol. The number of nitrogens with one attached hydrogen (secondary N) is 2. The number of anilines is 1. The zero-order chi connectivity index (χ0) is 16.2. The van der Waals surface area contributed by atoms with Gasteiger partial charge in [0.15, 0.2) is 5.13 Å². The summed E-state index contributed by atoms with van der Waals surface area (Å²) in [4.78, 5) is 19.2. The number of amides is 1. The SMILES string of the molecule is COCCNc1nc(CC(=O)NC2CN(C3CC3)CC2C)cs1. The Balaban J connectivity index is 1.44. The lowest BCUT2D eigenvalue weighted by molar-refractivity contribution is -0.121. The van der Waals surface area contributed by atoms with E-state index >= 15 is 0 Å². The number of hydrogen-bond acceptors (Lipinski definition) is 6. The lowest BCUT2D eigenvalue weighted by Gasteiger charge is -2.16. The second-order valence-electron chi connectivity index (χ2n) is 6.58. The Morgan fingerprint density at radius 3 is 3.04 bits per heavy atom. The van der Waals surface area contributed by atoms with E-state index in [2.05, 4.69) is 27.4 Å². The number of carbonyl (C=O) groups is 1. The predicted octanol–water partition coefficient (Wildman–Crippen LogP) is 1.34. The van der Waals surface area contributed by atoms with E-state index < -0.39 is 0 Å². The van der Waals surface area contributed by atoms with Gasteiger partial charge in [-0.15, -0.1) is 11.3 Å². The van der Waals surface area contributed by atoms with E-state index in [1.807, 2.05) is 5.38 Å². The highest BCUT2D eigenvalue weighted by Crippen LogP contribution is 2.31. The fourth-order valence-electron chi connectivity index (χ4n) is 3.08. The van der Waals surface area contributed by atoms with E-state index in [9.17, 15) is 4.79 Å². The van der Waals surface area contributed by atoms with Crippen molar-refractivity contribution in [1.82, 2.24) is 15.2 Å². The number of nitrogens with zero attached hydrogens (tertiary/aromatic N) is 2. The van der Waals surface area contributed by atoms with Gasteiger partial charge in [-0.1, -0.05) is 6.92 Å². The lowest BCUT2D eigenvalue weighted by atomic mass is 10.1. The van der Waals surface area contributed by atoms with E-state index in [1.165, 1.54) is 24.2 Å². The highest BCUT2D eigenvalue weighted by atomic mass is 32.1. The number of carbonyl (C=O) groups excluding carboxylic acids is 1. The summed E-state index contributed by atoms with van der Waals surface area (Å²) in [5.41, 5.74) is 0.831. The number of methoxy groups -OCH3 is 1. The monoisotopic (exact) mass is 338 g/mol. The molecule has 0 spiro atoms. The van der Waals surface area contributed by atoms with Crippen molar-refractivity contribution in [2.24, 2.45) is 5.92 Å². The smallest absolute Gasteiger partial charge is 0.226 e. The Morgan fingerprint density at radius 1 is 1.48 bits per heavy atom. The molecule has 2 heterocycles. The van der Waals surface area contributed by atoms with Crippen molar-refractivity contribution in [2.45, 2.75) is 38.3 Å². The average Bonchev–Trinajstić information content (AvgIpc) is 3.18. The Kier molecular flexibility index (Phi) is 5.50. The zero-order valence-corrected chi connectivity index (χ0v) is 14.7. The maximum atomic E-state index is 12.3. The van der Waals surface area contributed by atoms with Crippen LogP contribution in [0.15, 0.2) is 5.38 Å². The predicted molar refractivity (Wildman–Crippen MR) is 91.9 cm³/mol. The Bertz CT molecular complexity index is 532. The molecular formula is C16H26N4O2S. The molecule has 1 amide bonds. The summed E-state index contributed by atoms with van der Waals surface area (Å²) in [5.74, 6) is 0.606. The third-order valence-corrected chi connectivity index (χ3v) is 5.37. The zero-order valence-electron chi connectivity index (χ0n) is 13.9. The van der Waals surface area contributed by atoms with Gasteiger partial charge < -0.3 is 15.4 Å². The topological polar surface area (TPSA) is 66.5 Å². The number of likely N-dealkylation sites (tertiary alicyclic amines) is 1. The lowest BCUT2D eigenvalue weighted by Crippen LogP contribution is -2.40. The van der Waals surface area contributed by atoms with Gasteiger partial charge in [0.2, 0.25) is 5.91 Å². The molecule has 6 nitrogen and oxygen atoms in total. The van der Waals surface area contributed by atoms with E-state index in [0.29, 0.717) is 18.9 Å². The molecule has 1 aliphatic carbocycles. The molecule has 0 aromatic carbocycles. The van der Waals surface area contributed by atoms with Crippen LogP contribution in [0.3, 0.4) is 0 Å². The minimum absolute atomic E-state index is 0.0771. The van der Waals surface area contributed by atoms with Crippen molar-refractivity contribution in [2.75, 3.05) is 38.7 Å². The van der Waals surface area contributed by atoms with Crippen LogP contribution >= 0.6 is 11.3 Å². The minimum Gasteiger partial charge on any atom is -0.383 e. The third-order valence-electron chi connectivity index (χ3n) is 4.53. The van der Waals surface area contributed by atoms with Gasteiger partial charge in [0.25, 0.3) is 0 Å². The largest absolute Gasteiger partial charge is 0.383 e. The van der Waals surface area contributed by atoms with E-state index in [4.69, 9.17) is 4.74 Å². The molecule has 1 aromatic rings. The van der Waals surface area contributed by atoms with Crippen molar-refractivity contribution in [3.05, 3.63) is 11.1 Å². The summed E-state index contributed by atoms with van der Waals surface area (Å²) in [7, 11) is 1.67. The van der Waals surface area contributed by atoms with Gasteiger partial charge in [-0.25, -0.2) is 4.98 Å². The summed E-state index contributed by atoms with van der Waals surface area (Å²) in [5, 5.41) is 9.18. The van der Waals surface area contributed by atoms with Crippen LogP contribution in [0.1, 0.15) is 25.5 Å². The van der Waals surface area contributed by atoms with Crippen LogP contribution in [0.25, 0.3) is 0 Å².